The Hall–Kier alpha value is -1.79. The van der Waals surface area contributed by atoms with Gasteiger partial charge in [0.2, 0.25) is 5.54 Å². The Bertz CT molecular complexity index is 855. The van der Waals surface area contributed by atoms with E-state index in [0.717, 1.165) is 0 Å². The summed E-state index contributed by atoms with van der Waals surface area (Å²) < 4.78 is 21.5. The molecule has 0 amide bonds. The van der Waals surface area contributed by atoms with E-state index < -0.39 is 11.4 Å². The largest absolute Gasteiger partial charge is 0.366 e. The number of rotatable bonds is 0. The molecule has 0 atom stereocenters. The number of nitrogens with one attached hydrogen (secondary N) is 1. The van der Waals surface area contributed by atoms with Crippen LogP contribution in [0.1, 0.15) is 11.3 Å². The summed E-state index contributed by atoms with van der Waals surface area (Å²) in [5.74, 6) is -0.659. The van der Waals surface area contributed by atoms with Crippen LogP contribution in [-0.2, 0) is 10.3 Å². The molecule has 1 saturated heterocycles. The number of hydrogen-bond donors (Lipinski definition) is 1. The van der Waals surface area contributed by atoms with Crippen LogP contribution in [0.2, 0.25) is 5.15 Å². The average Bonchev–Trinajstić information content (AvgIpc) is 2.65. The maximum absolute atomic E-state index is 14.3. The molecular formula is C13H10ClFN3O2+. The molecule has 0 radical (unpaired) electrons. The molecule has 7 heteroatoms. The second-order valence-electron chi connectivity index (χ2n) is 5.16. The van der Waals surface area contributed by atoms with Gasteiger partial charge in [-0.1, -0.05) is 11.6 Å². The Morgan fingerprint density at radius 2 is 2.30 bits per heavy atom. The number of halogens is 2. The molecule has 1 N–H and O–H groups in total. The minimum Gasteiger partial charge on any atom is -0.366 e. The van der Waals surface area contributed by atoms with Crippen LogP contribution in [-0.4, -0.2) is 41.0 Å². The maximum atomic E-state index is 14.3. The van der Waals surface area contributed by atoms with Crippen molar-refractivity contribution in [1.29, 1.82) is 0 Å². The Balaban J connectivity index is 2.19. The molecule has 0 bridgehead atoms. The zero-order valence-electron chi connectivity index (χ0n) is 10.5. The first-order chi connectivity index (χ1) is 9.54. The number of H-pyrrole nitrogens is 1. The first-order valence-corrected chi connectivity index (χ1v) is 6.48. The molecule has 2 aliphatic rings. The van der Waals surface area contributed by atoms with Gasteiger partial charge in [-0.25, -0.2) is 13.9 Å². The van der Waals surface area contributed by atoms with Gasteiger partial charge in [0.15, 0.2) is 17.2 Å². The van der Waals surface area contributed by atoms with Crippen molar-refractivity contribution in [2.75, 3.05) is 20.3 Å². The summed E-state index contributed by atoms with van der Waals surface area (Å²) in [5, 5.41) is 0.194. The van der Waals surface area contributed by atoms with Crippen LogP contribution in [0.25, 0.3) is 10.8 Å². The molecule has 0 unspecified atom stereocenters. The monoisotopic (exact) mass is 294 g/mol. The lowest BCUT2D eigenvalue weighted by Gasteiger charge is -2.33. The van der Waals surface area contributed by atoms with Crippen molar-refractivity contribution in [2.24, 2.45) is 0 Å². The third kappa shape index (κ3) is 1.23. The molecule has 0 aromatic carbocycles. The standard InChI is InChI=1S/C13H9ClFN3O2/c1-18-3-7-8-6(2-16-11(14)9(8)15)12(19)17-10(7)13(18)4-20-5-13/h2-3H,4-5H2,1H3/p+1. The molecule has 4 heterocycles. The van der Waals surface area contributed by atoms with E-state index in [1.54, 1.807) is 0 Å². The topological polar surface area (TPSA) is 58.0 Å². The fourth-order valence-corrected chi connectivity index (χ4v) is 3.05. The van der Waals surface area contributed by atoms with Gasteiger partial charge in [0.1, 0.15) is 26.0 Å². The summed E-state index contributed by atoms with van der Waals surface area (Å²) in [7, 11) is 1.88. The summed E-state index contributed by atoms with van der Waals surface area (Å²) >= 11 is 5.75. The van der Waals surface area contributed by atoms with Crippen LogP contribution < -0.4 is 5.56 Å². The molecular weight excluding hydrogens is 285 g/mol. The lowest BCUT2D eigenvalue weighted by Crippen LogP contribution is -2.53. The molecule has 102 valence electrons. The number of aromatic amines is 1. The zero-order chi connectivity index (χ0) is 14.1. The van der Waals surface area contributed by atoms with Gasteiger partial charge in [0, 0.05) is 11.6 Å². The zero-order valence-corrected chi connectivity index (χ0v) is 11.3. The number of ether oxygens (including phenoxy) is 1. The van der Waals surface area contributed by atoms with Crippen LogP contribution in [0.15, 0.2) is 11.0 Å². The lowest BCUT2D eigenvalue weighted by atomic mass is 9.90. The number of likely N-dealkylation sites (N-methyl/N-ethyl adjacent to an activating group) is 1. The van der Waals surface area contributed by atoms with Gasteiger partial charge in [0.25, 0.3) is 5.56 Å². The first-order valence-electron chi connectivity index (χ1n) is 6.10. The number of hydrogen-bond acceptors (Lipinski definition) is 3. The molecule has 2 aromatic rings. The van der Waals surface area contributed by atoms with E-state index in [1.807, 2.05) is 17.8 Å². The summed E-state index contributed by atoms with van der Waals surface area (Å²) in [6, 6.07) is 0. The molecule has 4 rings (SSSR count). The summed E-state index contributed by atoms with van der Waals surface area (Å²) in [4.78, 5) is 18.7. The molecule has 1 spiro atoms. The van der Waals surface area contributed by atoms with Crippen LogP contribution >= 0.6 is 11.6 Å². The number of fused-ring (bicyclic) bond motifs is 4. The van der Waals surface area contributed by atoms with Crippen LogP contribution in [0.3, 0.4) is 0 Å². The third-order valence-electron chi connectivity index (χ3n) is 4.14. The second-order valence-corrected chi connectivity index (χ2v) is 5.52. The fourth-order valence-electron chi connectivity index (χ4n) is 2.91. The van der Waals surface area contributed by atoms with Crippen molar-refractivity contribution in [3.05, 3.63) is 38.8 Å². The van der Waals surface area contributed by atoms with Gasteiger partial charge in [-0.2, -0.15) is 0 Å². The van der Waals surface area contributed by atoms with Crippen molar-refractivity contribution in [3.8, 4) is 0 Å². The van der Waals surface area contributed by atoms with Gasteiger partial charge in [0.05, 0.1) is 10.9 Å². The van der Waals surface area contributed by atoms with Gasteiger partial charge in [-0.15, -0.1) is 0 Å². The highest BCUT2D eigenvalue weighted by Crippen LogP contribution is 2.39. The maximum Gasteiger partial charge on any atom is 0.257 e. The molecule has 0 saturated carbocycles. The van der Waals surface area contributed by atoms with Gasteiger partial charge in [-0.05, 0) is 0 Å². The Morgan fingerprint density at radius 1 is 1.55 bits per heavy atom. The summed E-state index contributed by atoms with van der Waals surface area (Å²) in [6.45, 7) is 0.934. The van der Waals surface area contributed by atoms with Crippen molar-refractivity contribution >= 4 is 28.6 Å². The number of aromatic nitrogens is 2. The van der Waals surface area contributed by atoms with E-state index in [4.69, 9.17) is 16.3 Å². The number of nitrogens with zero attached hydrogens (tertiary/aromatic N) is 2. The number of pyridine rings is 2. The minimum atomic E-state index is -0.659. The SMILES string of the molecule is C[N+]1=Cc2c([nH]c(=O)c3cnc(Cl)c(F)c23)C12COC2. The van der Waals surface area contributed by atoms with Gasteiger partial charge in [-0.3, -0.25) is 4.79 Å². The van der Waals surface area contributed by atoms with Crippen molar-refractivity contribution in [2.45, 2.75) is 5.54 Å². The Morgan fingerprint density at radius 3 is 2.95 bits per heavy atom. The normalized spacial score (nSPS) is 19.1. The Labute approximate surface area is 117 Å². The summed E-state index contributed by atoms with van der Waals surface area (Å²) in [6.07, 6.45) is 3.12. The first kappa shape index (κ1) is 12.0. The van der Waals surface area contributed by atoms with E-state index in [0.29, 0.717) is 24.5 Å². The van der Waals surface area contributed by atoms with E-state index in [1.165, 1.54) is 6.20 Å². The van der Waals surface area contributed by atoms with Gasteiger partial charge >= 0.3 is 0 Å². The van der Waals surface area contributed by atoms with E-state index in [9.17, 15) is 9.18 Å². The predicted molar refractivity (Wildman–Crippen MR) is 71.2 cm³/mol. The van der Waals surface area contributed by atoms with E-state index in [2.05, 4.69) is 9.97 Å². The molecule has 20 heavy (non-hydrogen) atoms. The highest BCUT2D eigenvalue weighted by molar-refractivity contribution is 6.30. The third-order valence-corrected chi connectivity index (χ3v) is 4.41. The molecule has 2 aliphatic heterocycles. The highest BCUT2D eigenvalue weighted by Gasteiger charge is 2.55. The quantitative estimate of drug-likeness (QED) is 0.583. The Kier molecular flexibility index (Phi) is 2.19. The van der Waals surface area contributed by atoms with Crippen molar-refractivity contribution in [3.63, 3.8) is 0 Å². The van der Waals surface area contributed by atoms with Crippen LogP contribution in [0, 0.1) is 5.82 Å². The van der Waals surface area contributed by atoms with Crippen LogP contribution in [0.4, 0.5) is 4.39 Å². The average molecular weight is 295 g/mol. The van der Waals surface area contributed by atoms with E-state index >= 15 is 0 Å². The fraction of sp³-hybridized carbons (Fsp3) is 0.308. The summed E-state index contributed by atoms with van der Waals surface area (Å²) in [5.41, 5.74) is 0.569. The van der Waals surface area contributed by atoms with Crippen molar-refractivity contribution in [1.82, 2.24) is 9.97 Å². The molecule has 0 aliphatic carbocycles. The predicted octanol–water partition coefficient (Wildman–Crippen LogP) is 1.02. The van der Waals surface area contributed by atoms with E-state index in [-0.39, 0.29) is 21.5 Å². The molecule has 1 fully saturated rings. The molecule has 2 aromatic heterocycles. The smallest absolute Gasteiger partial charge is 0.257 e. The highest BCUT2D eigenvalue weighted by atomic mass is 35.5. The van der Waals surface area contributed by atoms with Gasteiger partial charge < -0.3 is 9.72 Å². The molecule has 5 nitrogen and oxygen atoms in total. The lowest BCUT2D eigenvalue weighted by molar-refractivity contribution is -0.618. The van der Waals surface area contributed by atoms with Crippen molar-refractivity contribution < 1.29 is 13.7 Å². The minimum absolute atomic E-state index is 0.201. The van der Waals surface area contributed by atoms with Crippen LogP contribution in [0.5, 0.6) is 0 Å². The second kappa shape index (κ2) is 3.65.